The Hall–Kier alpha value is -3.66. The molecular weight excluding hydrogens is 322 g/mol. The molecule has 0 aliphatic rings. The summed E-state index contributed by atoms with van der Waals surface area (Å²) in [6, 6.07) is 25.4. The Morgan fingerprint density at radius 3 is 2.27 bits per heavy atom. The second-order valence-electron chi connectivity index (χ2n) is 5.95. The molecule has 0 aliphatic carbocycles. The molecule has 0 unspecified atom stereocenters. The number of nitrogens with two attached hydrogens (primary N) is 1. The number of primary amides is 1. The van der Waals surface area contributed by atoms with Crippen LogP contribution in [0.2, 0.25) is 0 Å². The van der Waals surface area contributed by atoms with Gasteiger partial charge in [0.2, 0.25) is 5.91 Å². The number of benzene rings is 3. The fourth-order valence-corrected chi connectivity index (χ4v) is 2.95. The van der Waals surface area contributed by atoms with Crippen LogP contribution in [0.15, 0.2) is 78.9 Å². The van der Waals surface area contributed by atoms with Gasteiger partial charge in [-0.2, -0.15) is 0 Å². The van der Waals surface area contributed by atoms with Crippen LogP contribution in [-0.4, -0.2) is 15.5 Å². The first kappa shape index (κ1) is 15.8. The quantitative estimate of drug-likeness (QED) is 0.603. The van der Waals surface area contributed by atoms with E-state index in [4.69, 9.17) is 10.7 Å². The number of hydrogen-bond acceptors (Lipinski definition) is 2. The number of rotatable bonds is 4. The van der Waals surface area contributed by atoms with Gasteiger partial charge in [0, 0.05) is 11.3 Å². The molecule has 0 fully saturated rings. The van der Waals surface area contributed by atoms with E-state index in [-0.39, 0.29) is 0 Å². The van der Waals surface area contributed by atoms with E-state index in [0.29, 0.717) is 5.56 Å². The second kappa shape index (κ2) is 6.69. The number of hydrogen-bond donors (Lipinski definition) is 1. The Balaban J connectivity index is 1.90. The maximum atomic E-state index is 11.5. The number of carbonyl (C=O) groups is 1. The van der Waals surface area contributed by atoms with Crippen LogP contribution < -0.4 is 5.73 Å². The van der Waals surface area contributed by atoms with Crippen LogP contribution in [0.4, 0.5) is 0 Å². The maximum Gasteiger partial charge on any atom is 0.248 e. The average Bonchev–Trinajstić information content (AvgIpc) is 3.05. The third kappa shape index (κ3) is 3.00. The smallest absolute Gasteiger partial charge is 0.248 e. The number of nitrogens with zero attached hydrogens (tertiary/aromatic N) is 2. The zero-order valence-corrected chi connectivity index (χ0v) is 14.0. The van der Waals surface area contributed by atoms with E-state index in [0.717, 1.165) is 28.1 Å². The summed E-state index contributed by atoms with van der Waals surface area (Å²) in [6.07, 6.45) is 4.00. The molecule has 0 atom stereocenters. The van der Waals surface area contributed by atoms with Crippen LogP contribution in [0, 0.1) is 0 Å². The van der Waals surface area contributed by atoms with Gasteiger partial charge in [-0.15, -0.1) is 0 Å². The van der Waals surface area contributed by atoms with Crippen LogP contribution in [0.1, 0.15) is 21.7 Å². The predicted molar refractivity (Wildman–Crippen MR) is 105 cm³/mol. The highest BCUT2D eigenvalue weighted by atomic mass is 16.1. The molecule has 126 valence electrons. The van der Waals surface area contributed by atoms with Gasteiger partial charge in [-0.3, -0.25) is 9.36 Å². The molecule has 3 aromatic carbocycles. The van der Waals surface area contributed by atoms with Crippen molar-refractivity contribution in [2.24, 2.45) is 5.73 Å². The van der Waals surface area contributed by atoms with E-state index >= 15 is 0 Å². The normalized spacial score (nSPS) is 11.2. The lowest BCUT2D eigenvalue weighted by atomic mass is 10.2. The molecule has 0 radical (unpaired) electrons. The van der Waals surface area contributed by atoms with Gasteiger partial charge in [0.05, 0.1) is 11.0 Å². The van der Waals surface area contributed by atoms with Gasteiger partial charge >= 0.3 is 0 Å². The van der Waals surface area contributed by atoms with Gasteiger partial charge in [0.25, 0.3) is 0 Å². The zero-order chi connectivity index (χ0) is 17.9. The van der Waals surface area contributed by atoms with E-state index in [1.54, 1.807) is 12.1 Å². The Morgan fingerprint density at radius 1 is 0.885 bits per heavy atom. The Labute approximate surface area is 151 Å². The minimum absolute atomic E-state index is 0.453. The van der Waals surface area contributed by atoms with Crippen molar-refractivity contribution in [3.63, 3.8) is 0 Å². The number of aromatic nitrogens is 2. The van der Waals surface area contributed by atoms with E-state index in [9.17, 15) is 4.79 Å². The lowest BCUT2D eigenvalue weighted by Crippen LogP contribution is -2.10. The molecule has 0 bridgehead atoms. The fourth-order valence-electron chi connectivity index (χ4n) is 2.95. The van der Waals surface area contributed by atoms with Crippen LogP contribution >= 0.6 is 0 Å². The Kier molecular flexibility index (Phi) is 4.07. The van der Waals surface area contributed by atoms with Crippen molar-refractivity contribution in [1.82, 2.24) is 9.55 Å². The van der Waals surface area contributed by atoms with Crippen molar-refractivity contribution in [2.45, 2.75) is 0 Å². The first-order valence-electron chi connectivity index (χ1n) is 8.33. The zero-order valence-electron chi connectivity index (χ0n) is 14.0. The van der Waals surface area contributed by atoms with Gasteiger partial charge in [-0.25, -0.2) is 4.98 Å². The summed E-state index contributed by atoms with van der Waals surface area (Å²) < 4.78 is 2.07. The molecule has 1 heterocycles. The molecule has 4 heteroatoms. The molecule has 1 aromatic heterocycles. The van der Waals surface area contributed by atoms with Crippen LogP contribution in [0.25, 0.3) is 28.9 Å². The topological polar surface area (TPSA) is 60.9 Å². The van der Waals surface area contributed by atoms with Gasteiger partial charge < -0.3 is 5.73 Å². The van der Waals surface area contributed by atoms with Crippen LogP contribution in [0.5, 0.6) is 0 Å². The third-order valence-electron chi connectivity index (χ3n) is 4.20. The summed E-state index contributed by atoms with van der Waals surface area (Å²) in [6.45, 7) is 0. The van der Waals surface area contributed by atoms with Gasteiger partial charge in [0.1, 0.15) is 5.82 Å². The number of fused-ring (bicyclic) bond motifs is 1. The van der Waals surface area contributed by atoms with E-state index < -0.39 is 5.91 Å². The van der Waals surface area contributed by atoms with E-state index in [2.05, 4.69) is 4.57 Å². The fraction of sp³-hybridized carbons (Fsp3) is 0. The minimum atomic E-state index is -0.456. The summed E-state index contributed by atoms with van der Waals surface area (Å²) in [5, 5.41) is 0. The Morgan fingerprint density at radius 2 is 1.58 bits per heavy atom. The minimum Gasteiger partial charge on any atom is -0.366 e. The summed E-state index contributed by atoms with van der Waals surface area (Å²) in [4.78, 5) is 16.2. The maximum absolute atomic E-state index is 11.5. The molecule has 26 heavy (non-hydrogen) atoms. The van der Waals surface area contributed by atoms with E-state index in [1.807, 2.05) is 78.9 Å². The second-order valence-corrected chi connectivity index (χ2v) is 5.95. The van der Waals surface area contributed by atoms with Crippen molar-refractivity contribution < 1.29 is 4.79 Å². The van der Waals surface area contributed by atoms with Crippen LogP contribution in [0.3, 0.4) is 0 Å². The largest absolute Gasteiger partial charge is 0.366 e. The van der Waals surface area contributed by atoms with Gasteiger partial charge in [0.15, 0.2) is 0 Å². The summed E-state index contributed by atoms with van der Waals surface area (Å²) >= 11 is 0. The van der Waals surface area contributed by atoms with Crippen molar-refractivity contribution in [3.8, 4) is 5.69 Å². The lowest BCUT2D eigenvalue weighted by molar-refractivity contribution is 0.100. The first-order chi connectivity index (χ1) is 12.7. The Bertz CT molecular complexity index is 1100. The summed E-state index contributed by atoms with van der Waals surface area (Å²) in [5.41, 5.74) is 9.62. The highest BCUT2D eigenvalue weighted by Crippen LogP contribution is 2.24. The highest BCUT2D eigenvalue weighted by Gasteiger charge is 2.12. The molecule has 0 aliphatic heterocycles. The standard InChI is InChI=1S/C22H17N3O/c23-22(26)17-12-13-20-19(15-17)24-21(14-11-16-7-3-1-4-8-16)25(20)18-9-5-2-6-10-18/h1-15H,(H2,23,26)/b14-11+. The van der Waals surface area contributed by atoms with Crippen molar-refractivity contribution in [3.05, 3.63) is 95.8 Å². The van der Waals surface area contributed by atoms with E-state index in [1.165, 1.54) is 0 Å². The molecule has 0 saturated heterocycles. The van der Waals surface area contributed by atoms with Gasteiger partial charge in [-0.05, 0) is 42.0 Å². The molecule has 0 spiro atoms. The van der Waals surface area contributed by atoms with Gasteiger partial charge in [-0.1, -0.05) is 54.6 Å². The molecule has 4 aromatic rings. The number of carbonyl (C=O) groups excluding carboxylic acids is 1. The van der Waals surface area contributed by atoms with Crippen molar-refractivity contribution >= 4 is 29.1 Å². The van der Waals surface area contributed by atoms with Crippen molar-refractivity contribution in [1.29, 1.82) is 0 Å². The predicted octanol–water partition coefficient (Wildman–Crippen LogP) is 4.29. The number of imidazole rings is 1. The lowest BCUT2D eigenvalue weighted by Gasteiger charge is -2.07. The van der Waals surface area contributed by atoms with Crippen LogP contribution in [-0.2, 0) is 0 Å². The highest BCUT2D eigenvalue weighted by molar-refractivity contribution is 5.97. The molecule has 1 amide bonds. The molecule has 0 saturated carbocycles. The number of para-hydroxylation sites is 1. The first-order valence-corrected chi connectivity index (χ1v) is 8.33. The average molecular weight is 339 g/mol. The third-order valence-corrected chi connectivity index (χ3v) is 4.20. The SMILES string of the molecule is NC(=O)c1ccc2c(c1)nc(/C=C/c1ccccc1)n2-c1ccccc1. The molecule has 4 rings (SSSR count). The van der Waals surface area contributed by atoms with Crippen molar-refractivity contribution in [2.75, 3.05) is 0 Å². The summed E-state index contributed by atoms with van der Waals surface area (Å²) in [7, 11) is 0. The molecule has 4 nitrogen and oxygen atoms in total. The number of amides is 1. The molecule has 2 N–H and O–H groups in total. The molecular formula is C22H17N3O. The summed E-state index contributed by atoms with van der Waals surface area (Å²) in [5.74, 6) is 0.333. The monoisotopic (exact) mass is 339 g/mol.